The molecule has 1 aliphatic heterocycles. The second-order valence-corrected chi connectivity index (χ2v) is 4.66. The molecule has 7 nitrogen and oxygen atoms in total. The van der Waals surface area contributed by atoms with Gasteiger partial charge < -0.3 is 10.2 Å². The zero-order valence-corrected chi connectivity index (χ0v) is 11.3. The fraction of sp³-hybridized carbons (Fsp3) is 0.583. The van der Waals surface area contributed by atoms with Crippen LogP contribution in [0.15, 0.2) is 6.20 Å². The van der Waals surface area contributed by atoms with Crippen molar-refractivity contribution < 1.29 is 4.79 Å². The number of aryl methyl sites for hydroxylation is 1. The minimum atomic E-state index is -0.169. The summed E-state index contributed by atoms with van der Waals surface area (Å²) in [4.78, 5) is 22.5. The molecule has 2 rings (SSSR count). The third-order valence-corrected chi connectivity index (χ3v) is 3.40. The van der Waals surface area contributed by atoms with Gasteiger partial charge in [0.25, 0.3) is 0 Å². The van der Waals surface area contributed by atoms with Crippen molar-refractivity contribution in [2.24, 2.45) is 5.84 Å². The highest BCUT2D eigenvalue weighted by Gasteiger charge is 2.30. The lowest BCUT2D eigenvalue weighted by atomic mass is 10.0. The van der Waals surface area contributed by atoms with E-state index in [1.165, 1.54) is 0 Å². The van der Waals surface area contributed by atoms with Crippen LogP contribution in [0.3, 0.4) is 0 Å². The van der Waals surface area contributed by atoms with Crippen molar-refractivity contribution in [1.82, 2.24) is 15.3 Å². The minimum Gasteiger partial charge on any atom is -0.357 e. The Labute approximate surface area is 112 Å². The normalized spacial score (nSPS) is 19.1. The average molecular weight is 264 g/mol. The number of anilines is 2. The second kappa shape index (κ2) is 5.83. The Morgan fingerprint density at radius 1 is 1.53 bits per heavy atom. The fourth-order valence-corrected chi connectivity index (χ4v) is 2.42. The Hall–Kier alpha value is -1.89. The molecular weight excluding hydrogens is 244 g/mol. The number of amides is 1. The molecule has 0 radical (unpaired) electrons. The van der Waals surface area contributed by atoms with Crippen molar-refractivity contribution in [3.05, 3.63) is 11.8 Å². The summed E-state index contributed by atoms with van der Waals surface area (Å²) in [6.45, 7) is 2.76. The average Bonchev–Trinajstić information content (AvgIpc) is 2.47. The van der Waals surface area contributed by atoms with Gasteiger partial charge in [-0.2, -0.15) is 4.98 Å². The maximum absolute atomic E-state index is 12.0. The fourth-order valence-electron chi connectivity index (χ4n) is 2.42. The number of nitrogens with two attached hydrogens (primary N) is 1. The summed E-state index contributed by atoms with van der Waals surface area (Å²) >= 11 is 0. The van der Waals surface area contributed by atoms with Gasteiger partial charge in [-0.3, -0.25) is 10.2 Å². The molecule has 19 heavy (non-hydrogen) atoms. The molecule has 1 aromatic rings. The van der Waals surface area contributed by atoms with E-state index in [1.54, 1.807) is 13.2 Å². The van der Waals surface area contributed by atoms with E-state index in [4.69, 9.17) is 5.84 Å². The smallest absolute Gasteiger partial charge is 0.242 e. The Balaban J connectivity index is 2.34. The van der Waals surface area contributed by atoms with Crippen LogP contribution in [-0.4, -0.2) is 35.5 Å². The van der Waals surface area contributed by atoms with E-state index in [9.17, 15) is 4.79 Å². The number of hydrazine groups is 1. The standard InChI is InChI=1S/C12H20N6O/c1-8-7-15-12(17-13)16-10(8)18-6-4-3-5-9(18)11(19)14-2/h7,9H,3-6,13H2,1-2H3,(H,14,19)(H,15,16,17). The van der Waals surface area contributed by atoms with E-state index < -0.39 is 0 Å². The van der Waals surface area contributed by atoms with Gasteiger partial charge in [-0.25, -0.2) is 10.8 Å². The molecule has 104 valence electrons. The molecule has 1 atom stereocenters. The molecule has 1 unspecified atom stereocenters. The maximum atomic E-state index is 12.0. The molecule has 1 aliphatic rings. The van der Waals surface area contributed by atoms with Crippen LogP contribution in [-0.2, 0) is 4.79 Å². The summed E-state index contributed by atoms with van der Waals surface area (Å²) in [5, 5.41) is 2.72. The third kappa shape index (κ3) is 2.76. The molecule has 0 bridgehead atoms. The van der Waals surface area contributed by atoms with Crippen molar-refractivity contribution in [1.29, 1.82) is 0 Å². The van der Waals surface area contributed by atoms with E-state index in [0.29, 0.717) is 5.95 Å². The largest absolute Gasteiger partial charge is 0.357 e. The van der Waals surface area contributed by atoms with Gasteiger partial charge in [-0.05, 0) is 26.2 Å². The van der Waals surface area contributed by atoms with E-state index in [2.05, 4.69) is 20.7 Å². The molecule has 0 aromatic carbocycles. The number of carbonyl (C=O) groups is 1. The van der Waals surface area contributed by atoms with E-state index >= 15 is 0 Å². The number of hydrogen-bond acceptors (Lipinski definition) is 6. The van der Waals surface area contributed by atoms with Crippen LogP contribution in [0.25, 0.3) is 0 Å². The highest BCUT2D eigenvalue weighted by atomic mass is 16.2. The lowest BCUT2D eigenvalue weighted by Gasteiger charge is -2.36. The van der Waals surface area contributed by atoms with Gasteiger partial charge in [0.05, 0.1) is 0 Å². The van der Waals surface area contributed by atoms with Gasteiger partial charge in [0.1, 0.15) is 11.9 Å². The summed E-state index contributed by atoms with van der Waals surface area (Å²) in [5.41, 5.74) is 3.38. The number of nitrogens with zero attached hydrogens (tertiary/aromatic N) is 3. The van der Waals surface area contributed by atoms with Gasteiger partial charge in [0.2, 0.25) is 11.9 Å². The quantitative estimate of drug-likeness (QED) is 0.532. The Morgan fingerprint density at radius 2 is 2.32 bits per heavy atom. The van der Waals surface area contributed by atoms with Crippen LogP contribution in [0, 0.1) is 6.92 Å². The number of piperidine rings is 1. The summed E-state index contributed by atoms with van der Waals surface area (Å²) < 4.78 is 0. The highest BCUT2D eigenvalue weighted by molar-refractivity contribution is 5.85. The van der Waals surface area contributed by atoms with Gasteiger partial charge in [-0.1, -0.05) is 0 Å². The van der Waals surface area contributed by atoms with Crippen LogP contribution in [0.1, 0.15) is 24.8 Å². The number of aromatic nitrogens is 2. The lowest BCUT2D eigenvalue weighted by molar-refractivity contribution is -0.122. The molecule has 1 aromatic heterocycles. The van der Waals surface area contributed by atoms with Gasteiger partial charge >= 0.3 is 0 Å². The summed E-state index contributed by atoms with van der Waals surface area (Å²) in [7, 11) is 1.66. The number of nitrogen functional groups attached to an aromatic ring is 1. The first-order chi connectivity index (χ1) is 9.17. The van der Waals surface area contributed by atoms with E-state index in [-0.39, 0.29) is 11.9 Å². The first kappa shape index (κ1) is 13.5. The zero-order chi connectivity index (χ0) is 13.8. The zero-order valence-electron chi connectivity index (χ0n) is 11.3. The number of rotatable bonds is 3. The predicted molar refractivity (Wildman–Crippen MR) is 73.6 cm³/mol. The first-order valence-electron chi connectivity index (χ1n) is 6.46. The van der Waals surface area contributed by atoms with Crippen LogP contribution >= 0.6 is 0 Å². The van der Waals surface area contributed by atoms with Crippen LogP contribution < -0.4 is 21.5 Å². The topological polar surface area (TPSA) is 96.2 Å². The predicted octanol–water partition coefficient (Wildman–Crippen LogP) is 0.176. The molecule has 7 heteroatoms. The number of carbonyl (C=O) groups excluding carboxylic acids is 1. The minimum absolute atomic E-state index is 0.0277. The first-order valence-corrected chi connectivity index (χ1v) is 6.46. The molecule has 2 heterocycles. The Bertz CT molecular complexity index is 464. The highest BCUT2D eigenvalue weighted by Crippen LogP contribution is 2.26. The monoisotopic (exact) mass is 264 g/mol. The molecule has 0 spiro atoms. The molecule has 1 fully saturated rings. The lowest BCUT2D eigenvalue weighted by Crippen LogP contribution is -2.49. The van der Waals surface area contributed by atoms with Crippen molar-refractivity contribution >= 4 is 17.7 Å². The molecular formula is C12H20N6O. The second-order valence-electron chi connectivity index (χ2n) is 4.66. The molecule has 4 N–H and O–H groups in total. The van der Waals surface area contributed by atoms with Crippen molar-refractivity contribution in [3.8, 4) is 0 Å². The Morgan fingerprint density at radius 3 is 3.00 bits per heavy atom. The SMILES string of the molecule is CNC(=O)C1CCCCN1c1nc(NN)ncc1C. The summed E-state index contributed by atoms with van der Waals surface area (Å²) in [6, 6.07) is -0.169. The summed E-state index contributed by atoms with van der Waals surface area (Å²) in [6.07, 6.45) is 4.67. The van der Waals surface area contributed by atoms with E-state index in [0.717, 1.165) is 37.2 Å². The summed E-state index contributed by atoms with van der Waals surface area (Å²) in [5.74, 6) is 6.51. The van der Waals surface area contributed by atoms with Crippen molar-refractivity contribution in [2.45, 2.75) is 32.2 Å². The van der Waals surface area contributed by atoms with Crippen LogP contribution in [0.5, 0.6) is 0 Å². The number of hydrogen-bond donors (Lipinski definition) is 3. The van der Waals surface area contributed by atoms with Crippen molar-refractivity contribution in [3.63, 3.8) is 0 Å². The van der Waals surface area contributed by atoms with Gasteiger partial charge in [0.15, 0.2) is 0 Å². The van der Waals surface area contributed by atoms with Crippen LogP contribution in [0.2, 0.25) is 0 Å². The number of likely N-dealkylation sites (N-methyl/N-ethyl adjacent to an activating group) is 1. The molecule has 1 amide bonds. The number of nitrogens with one attached hydrogen (secondary N) is 2. The molecule has 0 saturated carbocycles. The van der Waals surface area contributed by atoms with Crippen molar-refractivity contribution in [2.75, 3.05) is 23.9 Å². The van der Waals surface area contributed by atoms with E-state index in [1.807, 2.05) is 11.8 Å². The van der Waals surface area contributed by atoms with Gasteiger partial charge in [0, 0.05) is 25.4 Å². The molecule has 1 saturated heterocycles. The maximum Gasteiger partial charge on any atom is 0.242 e. The third-order valence-electron chi connectivity index (χ3n) is 3.40. The Kier molecular flexibility index (Phi) is 4.16. The molecule has 0 aliphatic carbocycles. The van der Waals surface area contributed by atoms with Crippen LogP contribution in [0.4, 0.5) is 11.8 Å². The van der Waals surface area contributed by atoms with Gasteiger partial charge in [-0.15, -0.1) is 0 Å².